The van der Waals surface area contributed by atoms with Crippen molar-refractivity contribution in [2.24, 2.45) is 0 Å². The van der Waals surface area contributed by atoms with Gasteiger partial charge in [-0.15, -0.1) is 0 Å². The molecule has 0 atom stereocenters. The van der Waals surface area contributed by atoms with E-state index in [0.717, 1.165) is 6.16 Å². The van der Waals surface area contributed by atoms with Crippen LogP contribution < -0.4 is 29.6 Å². The number of carbonyl (C=O) groups is 1. The maximum atomic E-state index is 11.1. The Morgan fingerprint density at radius 3 is 1.92 bits per heavy atom. The molecule has 0 spiro atoms. The third-order valence-corrected chi connectivity index (χ3v) is 2.52. The third kappa shape index (κ3) is 5.19. The van der Waals surface area contributed by atoms with Gasteiger partial charge in [0.15, 0.2) is 5.97 Å². The van der Waals surface area contributed by atoms with Crippen molar-refractivity contribution in [2.75, 3.05) is 21.3 Å². The van der Waals surface area contributed by atoms with Crippen molar-refractivity contribution in [1.82, 2.24) is 0 Å². The summed E-state index contributed by atoms with van der Waals surface area (Å²) < 4.78 is 24.2. The molecule has 0 saturated carbocycles. The molecule has 0 aliphatic carbocycles. The van der Waals surface area contributed by atoms with Crippen molar-refractivity contribution in [2.45, 2.75) is 0 Å². The van der Waals surface area contributed by atoms with E-state index in [2.05, 4.69) is 13.8 Å². The van der Waals surface area contributed by atoms with E-state index in [4.69, 9.17) is 0 Å². The maximum absolute atomic E-state index is 11.1. The zero-order valence-electron chi connectivity index (χ0n) is 7.57. The summed E-state index contributed by atoms with van der Waals surface area (Å²) >= 11 is 0. The Morgan fingerprint density at radius 2 is 1.67 bits per heavy atom. The monoisotopic (exact) mass is 204 g/mol. The molecule has 0 aliphatic heterocycles. The van der Waals surface area contributed by atoms with Crippen LogP contribution in [-0.4, -0.2) is 27.3 Å². The Bertz CT molecular complexity index is 175. The molecule has 0 rings (SSSR count). The molecule has 66 valence electrons. The van der Waals surface area contributed by atoms with Gasteiger partial charge in [0, 0.05) is 14.2 Å². The Balaban J connectivity index is 0. The SMILES string of the molecule is COC(=O)[CH-]P(=O)(OC)OC.[Na+]. The summed E-state index contributed by atoms with van der Waals surface area (Å²) in [6.45, 7) is 0. The minimum atomic E-state index is -3.35. The Labute approximate surface area is 93.6 Å². The van der Waals surface area contributed by atoms with Crippen molar-refractivity contribution in [3.05, 3.63) is 6.16 Å². The average molecular weight is 204 g/mol. The zero-order valence-corrected chi connectivity index (χ0v) is 10.5. The molecule has 0 aromatic carbocycles. The van der Waals surface area contributed by atoms with Gasteiger partial charge in [0.2, 0.25) is 7.60 Å². The normalized spacial score (nSPS) is 9.92. The fourth-order valence-electron chi connectivity index (χ4n) is 0.362. The summed E-state index contributed by atoms with van der Waals surface area (Å²) in [5, 5.41) is 0. The molecule has 0 bridgehead atoms. The van der Waals surface area contributed by atoms with Crippen LogP contribution in [0.15, 0.2) is 0 Å². The number of esters is 1. The van der Waals surface area contributed by atoms with Crippen molar-refractivity contribution >= 4 is 13.6 Å². The van der Waals surface area contributed by atoms with Gasteiger partial charge >= 0.3 is 29.6 Å². The van der Waals surface area contributed by atoms with Crippen LogP contribution in [0.4, 0.5) is 0 Å². The van der Waals surface area contributed by atoms with E-state index in [1.165, 1.54) is 21.3 Å². The van der Waals surface area contributed by atoms with Crippen LogP contribution in [0.25, 0.3) is 0 Å². The van der Waals surface area contributed by atoms with E-state index >= 15 is 0 Å². The van der Waals surface area contributed by atoms with Crippen molar-refractivity contribution in [3.63, 3.8) is 0 Å². The minimum Gasteiger partial charge on any atom is -0.491 e. The molecule has 5 nitrogen and oxygen atoms in total. The molecule has 0 radical (unpaired) electrons. The third-order valence-electron chi connectivity index (χ3n) is 0.974. The molecule has 12 heavy (non-hydrogen) atoms. The number of hydrogen-bond donors (Lipinski definition) is 0. The molecule has 0 heterocycles. The van der Waals surface area contributed by atoms with E-state index in [1.54, 1.807) is 0 Å². The van der Waals surface area contributed by atoms with E-state index in [-0.39, 0.29) is 29.6 Å². The van der Waals surface area contributed by atoms with Crippen LogP contribution in [0.2, 0.25) is 0 Å². The molecule has 0 aromatic heterocycles. The Hall–Kier alpha value is 0.490. The fraction of sp³-hybridized carbons (Fsp3) is 0.600. The summed E-state index contributed by atoms with van der Waals surface area (Å²) in [4.78, 5) is 10.5. The van der Waals surface area contributed by atoms with Crippen LogP contribution in [0.3, 0.4) is 0 Å². The smallest absolute Gasteiger partial charge is 0.491 e. The van der Waals surface area contributed by atoms with Crippen molar-refractivity contribution in [3.8, 4) is 0 Å². The molecular formula is C5H10NaO5P. The first-order valence-electron chi connectivity index (χ1n) is 2.73. The van der Waals surface area contributed by atoms with Gasteiger partial charge in [0.25, 0.3) is 0 Å². The largest absolute Gasteiger partial charge is 1.00 e. The van der Waals surface area contributed by atoms with E-state index < -0.39 is 13.6 Å². The molecule has 0 aliphatic rings. The van der Waals surface area contributed by atoms with E-state index in [9.17, 15) is 9.36 Å². The van der Waals surface area contributed by atoms with Gasteiger partial charge in [-0.3, -0.25) is 9.36 Å². The predicted molar refractivity (Wildman–Crippen MR) is 37.9 cm³/mol. The van der Waals surface area contributed by atoms with Gasteiger partial charge in [-0.1, -0.05) is 0 Å². The van der Waals surface area contributed by atoms with E-state index in [0.29, 0.717) is 0 Å². The molecule has 7 heteroatoms. The minimum absolute atomic E-state index is 0. The average Bonchev–Trinajstić information content (AvgIpc) is 2.04. The molecule has 0 unspecified atom stereocenters. The molecule has 0 amide bonds. The molecule has 0 saturated heterocycles. The topological polar surface area (TPSA) is 61.8 Å². The second-order valence-corrected chi connectivity index (χ2v) is 3.63. The molecular weight excluding hydrogens is 194 g/mol. The van der Waals surface area contributed by atoms with E-state index in [1.807, 2.05) is 0 Å². The predicted octanol–water partition coefficient (Wildman–Crippen LogP) is -2.19. The maximum Gasteiger partial charge on any atom is 1.00 e. The van der Waals surface area contributed by atoms with Gasteiger partial charge in [-0.2, -0.15) is 6.16 Å². The number of carbonyl (C=O) groups excluding carboxylic acids is 1. The number of rotatable bonds is 4. The first-order chi connectivity index (χ1) is 5.08. The standard InChI is InChI=1S/C5H10O5P.Na/c1-8-5(6)4-11(7,9-2)10-3;/h4H,1-3H3;/q-1;+1. The van der Waals surface area contributed by atoms with Crippen LogP contribution >= 0.6 is 7.60 Å². The second-order valence-electron chi connectivity index (χ2n) is 1.56. The molecule has 0 N–H and O–H groups in total. The number of hydrogen-bond acceptors (Lipinski definition) is 5. The van der Waals surface area contributed by atoms with Crippen LogP contribution in [0, 0.1) is 6.16 Å². The van der Waals surface area contributed by atoms with Crippen LogP contribution in [0.1, 0.15) is 0 Å². The first kappa shape index (κ1) is 15.0. The Morgan fingerprint density at radius 1 is 1.25 bits per heavy atom. The summed E-state index contributed by atoms with van der Waals surface area (Å²) in [7, 11) is 0.190. The summed E-state index contributed by atoms with van der Waals surface area (Å²) in [5.41, 5.74) is 0. The number of methoxy groups -OCH3 is 1. The molecule has 0 aromatic rings. The molecule has 0 fully saturated rings. The van der Waals surface area contributed by atoms with Gasteiger partial charge in [-0.25, -0.2) is 0 Å². The fourth-order valence-corrected chi connectivity index (χ4v) is 1.09. The summed E-state index contributed by atoms with van der Waals surface area (Å²) in [6, 6.07) is 0. The quantitative estimate of drug-likeness (QED) is 0.225. The van der Waals surface area contributed by atoms with Crippen molar-refractivity contribution in [1.29, 1.82) is 0 Å². The second kappa shape index (κ2) is 6.95. The van der Waals surface area contributed by atoms with Gasteiger partial charge < -0.3 is 13.8 Å². The summed E-state index contributed by atoms with van der Waals surface area (Å²) in [6.07, 6.45) is 0.771. The van der Waals surface area contributed by atoms with Crippen molar-refractivity contribution < 1.29 is 52.7 Å². The summed E-state index contributed by atoms with van der Waals surface area (Å²) in [5.74, 6) is -0.739. The van der Waals surface area contributed by atoms with Gasteiger partial charge in [-0.05, 0) is 0 Å². The zero-order chi connectivity index (χ0) is 8.91. The van der Waals surface area contributed by atoms with Gasteiger partial charge in [0.1, 0.15) is 0 Å². The Kier molecular flexibility index (Phi) is 8.68. The number of ether oxygens (including phenoxy) is 1. The first-order valence-corrected chi connectivity index (χ1v) is 4.34. The van der Waals surface area contributed by atoms with Crippen LogP contribution in [0.5, 0.6) is 0 Å². The van der Waals surface area contributed by atoms with Crippen LogP contribution in [-0.2, 0) is 23.1 Å². The van der Waals surface area contributed by atoms with Gasteiger partial charge in [0.05, 0.1) is 7.11 Å².